The Kier molecular flexibility index (Phi) is 4.02. The second-order valence-corrected chi connectivity index (χ2v) is 7.03. The molecule has 2 aliphatic rings. The average Bonchev–Trinajstić information content (AvgIpc) is 2.47. The van der Waals surface area contributed by atoms with Gasteiger partial charge in [-0.05, 0) is 68.3 Å². The monoisotopic (exact) mass is 272 g/mol. The van der Waals surface area contributed by atoms with E-state index in [0.717, 1.165) is 12.2 Å². The Morgan fingerprint density at radius 1 is 1.05 bits per heavy atom. The van der Waals surface area contributed by atoms with Crippen LogP contribution in [-0.4, -0.2) is 18.0 Å². The van der Waals surface area contributed by atoms with E-state index in [1.807, 2.05) is 0 Å². The molecule has 2 heteroatoms. The highest BCUT2D eigenvalue weighted by Crippen LogP contribution is 2.44. The zero-order valence-electron chi connectivity index (χ0n) is 12.8. The summed E-state index contributed by atoms with van der Waals surface area (Å²) in [5.74, 6) is 0. The molecule has 1 aromatic rings. The van der Waals surface area contributed by atoms with Gasteiger partial charge in [0.15, 0.2) is 0 Å². The quantitative estimate of drug-likeness (QED) is 0.820. The van der Waals surface area contributed by atoms with Crippen LogP contribution in [0.4, 0.5) is 5.69 Å². The van der Waals surface area contributed by atoms with Crippen molar-refractivity contribution in [3.8, 4) is 0 Å². The third kappa shape index (κ3) is 3.01. The molecule has 3 rings (SSSR count). The maximum Gasteiger partial charge on any atom is 0.0346 e. The van der Waals surface area contributed by atoms with Crippen molar-refractivity contribution in [2.75, 3.05) is 18.8 Å². The molecular formula is C18H28N2. The lowest BCUT2D eigenvalue weighted by Crippen LogP contribution is -2.40. The van der Waals surface area contributed by atoms with Crippen LogP contribution in [0.15, 0.2) is 18.2 Å². The number of nitrogen functional groups attached to an aromatic ring is 1. The van der Waals surface area contributed by atoms with Gasteiger partial charge in [0, 0.05) is 12.2 Å². The summed E-state index contributed by atoms with van der Waals surface area (Å²) < 4.78 is 0. The fourth-order valence-electron chi connectivity index (χ4n) is 4.03. The van der Waals surface area contributed by atoms with E-state index in [1.165, 1.54) is 69.2 Å². The highest BCUT2D eigenvalue weighted by Gasteiger charge is 2.35. The molecule has 1 aliphatic carbocycles. The molecule has 2 nitrogen and oxygen atoms in total. The van der Waals surface area contributed by atoms with Crippen molar-refractivity contribution < 1.29 is 0 Å². The van der Waals surface area contributed by atoms with E-state index in [9.17, 15) is 0 Å². The van der Waals surface area contributed by atoms with Crippen LogP contribution in [0.3, 0.4) is 0 Å². The van der Waals surface area contributed by atoms with Gasteiger partial charge in [0.1, 0.15) is 0 Å². The molecule has 1 saturated carbocycles. The molecule has 110 valence electrons. The fourth-order valence-corrected chi connectivity index (χ4v) is 4.03. The third-order valence-electron chi connectivity index (χ3n) is 5.58. The van der Waals surface area contributed by atoms with Gasteiger partial charge in [-0.15, -0.1) is 0 Å². The van der Waals surface area contributed by atoms with E-state index in [1.54, 1.807) is 0 Å². The summed E-state index contributed by atoms with van der Waals surface area (Å²) >= 11 is 0. The first-order valence-electron chi connectivity index (χ1n) is 8.24. The van der Waals surface area contributed by atoms with E-state index in [-0.39, 0.29) is 0 Å². The number of nitrogens with zero attached hydrogens (tertiary/aromatic N) is 1. The van der Waals surface area contributed by atoms with Crippen molar-refractivity contribution in [3.63, 3.8) is 0 Å². The Morgan fingerprint density at radius 3 is 2.40 bits per heavy atom. The molecule has 0 amide bonds. The molecule has 0 unspecified atom stereocenters. The second-order valence-electron chi connectivity index (χ2n) is 7.03. The van der Waals surface area contributed by atoms with Crippen LogP contribution in [0.25, 0.3) is 0 Å². The fraction of sp³-hybridized carbons (Fsp3) is 0.667. The summed E-state index contributed by atoms with van der Waals surface area (Å²) in [5, 5.41) is 0. The van der Waals surface area contributed by atoms with Gasteiger partial charge in [0.2, 0.25) is 0 Å². The number of piperidine rings is 1. The molecule has 2 N–H and O–H groups in total. The lowest BCUT2D eigenvalue weighted by Gasteiger charge is -2.44. The Labute approximate surface area is 123 Å². The minimum Gasteiger partial charge on any atom is -0.399 e. The maximum atomic E-state index is 6.02. The summed E-state index contributed by atoms with van der Waals surface area (Å²) in [7, 11) is 0. The summed E-state index contributed by atoms with van der Waals surface area (Å²) in [6.45, 7) is 5.69. The number of hydrogen-bond donors (Lipinski definition) is 1. The molecule has 1 heterocycles. The Balaban J connectivity index is 1.56. The summed E-state index contributed by atoms with van der Waals surface area (Å²) in [5.41, 5.74) is 10.2. The second kappa shape index (κ2) is 5.77. The Bertz CT molecular complexity index is 450. The van der Waals surface area contributed by atoms with Crippen LogP contribution in [0.1, 0.15) is 56.1 Å². The first-order valence-corrected chi connectivity index (χ1v) is 8.24. The largest absolute Gasteiger partial charge is 0.399 e. The van der Waals surface area contributed by atoms with Crippen LogP contribution in [0, 0.1) is 12.3 Å². The SMILES string of the molecule is Cc1ccc(CN2CCC3(CCCCC3)CC2)cc1N. The van der Waals surface area contributed by atoms with Gasteiger partial charge in [0.05, 0.1) is 0 Å². The Hall–Kier alpha value is -1.02. The highest BCUT2D eigenvalue weighted by atomic mass is 15.1. The minimum atomic E-state index is 0.709. The van der Waals surface area contributed by atoms with Crippen LogP contribution in [0.5, 0.6) is 0 Å². The molecule has 1 aromatic carbocycles. The molecule has 0 aromatic heterocycles. The number of aryl methyl sites for hydroxylation is 1. The van der Waals surface area contributed by atoms with Gasteiger partial charge in [-0.25, -0.2) is 0 Å². The topological polar surface area (TPSA) is 29.3 Å². The van der Waals surface area contributed by atoms with E-state index in [4.69, 9.17) is 5.73 Å². The molecular weight excluding hydrogens is 244 g/mol. The number of hydrogen-bond acceptors (Lipinski definition) is 2. The van der Waals surface area contributed by atoms with Crippen molar-refractivity contribution >= 4 is 5.69 Å². The zero-order chi connectivity index (χ0) is 14.0. The van der Waals surface area contributed by atoms with Crippen molar-refractivity contribution in [2.45, 2.75) is 58.4 Å². The lowest BCUT2D eigenvalue weighted by atomic mass is 9.68. The minimum absolute atomic E-state index is 0.709. The molecule has 1 spiro atoms. The van der Waals surface area contributed by atoms with Gasteiger partial charge >= 0.3 is 0 Å². The summed E-state index contributed by atoms with van der Waals surface area (Å²) in [4.78, 5) is 2.62. The first-order chi connectivity index (χ1) is 9.67. The van der Waals surface area contributed by atoms with E-state index < -0.39 is 0 Å². The number of rotatable bonds is 2. The number of benzene rings is 1. The van der Waals surface area contributed by atoms with Crippen LogP contribution < -0.4 is 5.73 Å². The van der Waals surface area contributed by atoms with Crippen LogP contribution in [-0.2, 0) is 6.54 Å². The van der Waals surface area contributed by atoms with Gasteiger partial charge in [0.25, 0.3) is 0 Å². The van der Waals surface area contributed by atoms with E-state index >= 15 is 0 Å². The molecule has 1 saturated heterocycles. The third-order valence-corrected chi connectivity index (χ3v) is 5.58. The lowest BCUT2D eigenvalue weighted by molar-refractivity contribution is 0.0641. The standard InChI is InChI=1S/C18H28N2/c1-15-5-6-16(13-17(15)19)14-20-11-9-18(10-12-20)7-3-2-4-8-18/h5-6,13H,2-4,7-12,14,19H2,1H3. The van der Waals surface area contributed by atoms with E-state index in [0.29, 0.717) is 5.41 Å². The van der Waals surface area contributed by atoms with Crippen molar-refractivity contribution in [3.05, 3.63) is 29.3 Å². The number of nitrogens with two attached hydrogens (primary N) is 1. The summed E-state index contributed by atoms with van der Waals surface area (Å²) in [6, 6.07) is 6.54. The van der Waals surface area contributed by atoms with Crippen molar-refractivity contribution in [1.82, 2.24) is 4.90 Å². The molecule has 0 bridgehead atoms. The molecule has 0 radical (unpaired) electrons. The zero-order valence-corrected chi connectivity index (χ0v) is 12.8. The van der Waals surface area contributed by atoms with Crippen LogP contribution in [0.2, 0.25) is 0 Å². The van der Waals surface area contributed by atoms with E-state index in [2.05, 4.69) is 30.0 Å². The Morgan fingerprint density at radius 2 is 1.75 bits per heavy atom. The number of likely N-dealkylation sites (tertiary alicyclic amines) is 1. The van der Waals surface area contributed by atoms with Gasteiger partial charge in [-0.1, -0.05) is 31.4 Å². The highest BCUT2D eigenvalue weighted by molar-refractivity contribution is 5.48. The van der Waals surface area contributed by atoms with Crippen molar-refractivity contribution in [2.24, 2.45) is 5.41 Å². The average molecular weight is 272 g/mol. The van der Waals surface area contributed by atoms with Gasteiger partial charge < -0.3 is 5.73 Å². The predicted molar refractivity (Wildman–Crippen MR) is 85.6 cm³/mol. The van der Waals surface area contributed by atoms with Crippen molar-refractivity contribution in [1.29, 1.82) is 0 Å². The molecule has 2 fully saturated rings. The maximum absolute atomic E-state index is 6.02. The normalized spacial score (nSPS) is 23.1. The number of anilines is 1. The predicted octanol–water partition coefficient (Wildman–Crippen LogP) is 4.12. The molecule has 0 atom stereocenters. The van der Waals surface area contributed by atoms with Crippen LogP contribution >= 0.6 is 0 Å². The summed E-state index contributed by atoms with van der Waals surface area (Å²) in [6.07, 6.45) is 10.2. The van der Waals surface area contributed by atoms with Gasteiger partial charge in [-0.2, -0.15) is 0 Å². The first kappa shape index (κ1) is 13.9. The molecule has 1 aliphatic heterocycles. The molecule has 20 heavy (non-hydrogen) atoms. The van der Waals surface area contributed by atoms with Gasteiger partial charge in [-0.3, -0.25) is 4.90 Å². The smallest absolute Gasteiger partial charge is 0.0346 e.